The standard InChI is InChI=1S/C14H17F3N2OS/c1-9-6-18-7-10(9)13(20)19-11-4-2-3-5-12(11)21-8-14(15,16)17/h2-5,9-10,18H,6-8H2,1H3,(H,19,20). The van der Waals surface area contributed by atoms with Gasteiger partial charge in [0.1, 0.15) is 0 Å². The lowest BCUT2D eigenvalue weighted by Crippen LogP contribution is -2.28. The van der Waals surface area contributed by atoms with E-state index in [0.717, 1.165) is 6.54 Å². The van der Waals surface area contributed by atoms with Crippen molar-refractivity contribution in [2.24, 2.45) is 11.8 Å². The smallest absolute Gasteiger partial charge is 0.325 e. The molecular formula is C14H17F3N2OS. The topological polar surface area (TPSA) is 41.1 Å². The molecule has 3 nitrogen and oxygen atoms in total. The third kappa shape index (κ3) is 4.64. The van der Waals surface area contributed by atoms with Crippen LogP contribution in [0.15, 0.2) is 29.2 Å². The lowest BCUT2D eigenvalue weighted by atomic mass is 9.97. The van der Waals surface area contributed by atoms with E-state index in [4.69, 9.17) is 0 Å². The van der Waals surface area contributed by atoms with E-state index in [1.165, 1.54) is 0 Å². The zero-order valence-corrected chi connectivity index (χ0v) is 12.4. The third-order valence-corrected chi connectivity index (χ3v) is 4.53. The summed E-state index contributed by atoms with van der Waals surface area (Å²) in [4.78, 5) is 12.6. The molecule has 0 saturated carbocycles. The fourth-order valence-electron chi connectivity index (χ4n) is 2.24. The molecular weight excluding hydrogens is 301 g/mol. The van der Waals surface area contributed by atoms with E-state index in [9.17, 15) is 18.0 Å². The maximum atomic E-state index is 12.3. The number of thioether (sulfide) groups is 1. The normalized spacial score (nSPS) is 22.3. The van der Waals surface area contributed by atoms with Gasteiger partial charge in [-0.1, -0.05) is 19.1 Å². The van der Waals surface area contributed by atoms with Crippen LogP contribution in [-0.2, 0) is 4.79 Å². The number of nitrogens with one attached hydrogen (secondary N) is 2. The number of hydrogen-bond acceptors (Lipinski definition) is 3. The summed E-state index contributed by atoms with van der Waals surface area (Å²) in [6.45, 7) is 3.36. The number of amides is 1. The van der Waals surface area contributed by atoms with Crippen molar-refractivity contribution in [2.45, 2.75) is 18.0 Å². The largest absolute Gasteiger partial charge is 0.398 e. The second-order valence-corrected chi connectivity index (χ2v) is 6.15. The SMILES string of the molecule is CC1CNCC1C(=O)Nc1ccccc1SCC(F)(F)F. The van der Waals surface area contributed by atoms with Crippen LogP contribution < -0.4 is 10.6 Å². The van der Waals surface area contributed by atoms with Gasteiger partial charge < -0.3 is 10.6 Å². The van der Waals surface area contributed by atoms with Crippen molar-refractivity contribution in [1.82, 2.24) is 5.32 Å². The number of rotatable bonds is 4. The Bertz CT molecular complexity index is 507. The average Bonchev–Trinajstić information content (AvgIpc) is 2.83. The first-order valence-corrected chi connectivity index (χ1v) is 7.65. The lowest BCUT2D eigenvalue weighted by Gasteiger charge is -2.16. The molecule has 7 heteroatoms. The van der Waals surface area contributed by atoms with E-state index >= 15 is 0 Å². The predicted octanol–water partition coefficient (Wildman–Crippen LogP) is 3.14. The van der Waals surface area contributed by atoms with Gasteiger partial charge in [-0.25, -0.2) is 0 Å². The van der Waals surface area contributed by atoms with Gasteiger partial charge in [-0.05, 0) is 24.6 Å². The van der Waals surface area contributed by atoms with Crippen LogP contribution in [0, 0.1) is 11.8 Å². The molecule has 1 amide bonds. The zero-order chi connectivity index (χ0) is 15.5. The van der Waals surface area contributed by atoms with Crippen molar-refractivity contribution in [3.63, 3.8) is 0 Å². The fourth-order valence-corrected chi connectivity index (χ4v) is 3.01. The van der Waals surface area contributed by atoms with Crippen molar-refractivity contribution in [3.8, 4) is 0 Å². The summed E-state index contributed by atoms with van der Waals surface area (Å²) in [5.41, 5.74) is 0.441. The maximum Gasteiger partial charge on any atom is 0.398 e. The van der Waals surface area contributed by atoms with Crippen molar-refractivity contribution < 1.29 is 18.0 Å². The number of alkyl halides is 3. The molecule has 0 bridgehead atoms. The van der Waals surface area contributed by atoms with E-state index in [2.05, 4.69) is 10.6 Å². The molecule has 1 aromatic rings. The number of para-hydroxylation sites is 1. The van der Waals surface area contributed by atoms with Gasteiger partial charge in [0.2, 0.25) is 5.91 Å². The highest BCUT2D eigenvalue weighted by Gasteiger charge is 2.30. The highest BCUT2D eigenvalue weighted by molar-refractivity contribution is 7.99. The summed E-state index contributed by atoms with van der Waals surface area (Å²) in [5.74, 6) is -1.04. The number of hydrogen-bond donors (Lipinski definition) is 2. The minimum absolute atomic E-state index is 0.146. The van der Waals surface area contributed by atoms with E-state index < -0.39 is 11.9 Å². The van der Waals surface area contributed by atoms with Gasteiger partial charge in [0, 0.05) is 11.4 Å². The molecule has 2 unspecified atom stereocenters. The van der Waals surface area contributed by atoms with Crippen LogP contribution in [0.1, 0.15) is 6.92 Å². The molecule has 1 heterocycles. The summed E-state index contributed by atoms with van der Waals surface area (Å²) >= 11 is 0.684. The summed E-state index contributed by atoms with van der Waals surface area (Å²) < 4.78 is 36.9. The van der Waals surface area contributed by atoms with Gasteiger partial charge in [0.15, 0.2) is 0 Å². The van der Waals surface area contributed by atoms with E-state index in [0.29, 0.717) is 28.9 Å². The first-order valence-electron chi connectivity index (χ1n) is 6.67. The second-order valence-electron chi connectivity index (χ2n) is 5.13. The summed E-state index contributed by atoms with van der Waals surface area (Å²) in [6, 6.07) is 6.57. The van der Waals surface area contributed by atoms with Crippen LogP contribution in [0.5, 0.6) is 0 Å². The molecule has 1 aliphatic heterocycles. The highest BCUT2D eigenvalue weighted by Crippen LogP contribution is 2.32. The average molecular weight is 318 g/mol. The summed E-state index contributed by atoms with van der Waals surface area (Å²) in [6.07, 6.45) is -4.23. The molecule has 0 radical (unpaired) electrons. The molecule has 116 valence electrons. The van der Waals surface area contributed by atoms with Crippen LogP contribution in [-0.4, -0.2) is 30.9 Å². The Kier molecular flexibility index (Phi) is 5.16. The first kappa shape index (κ1) is 16.2. The van der Waals surface area contributed by atoms with Gasteiger partial charge in [-0.2, -0.15) is 13.2 Å². The van der Waals surface area contributed by atoms with E-state index in [1.54, 1.807) is 24.3 Å². The molecule has 2 atom stereocenters. The fraction of sp³-hybridized carbons (Fsp3) is 0.500. The van der Waals surface area contributed by atoms with Gasteiger partial charge in [0.05, 0.1) is 17.4 Å². The molecule has 1 fully saturated rings. The molecule has 0 aliphatic carbocycles. The monoisotopic (exact) mass is 318 g/mol. The van der Waals surface area contributed by atoms with Gasteiger partial charge in [0.25, 0.3) is 0 Å². The Hall–Kier alpha value is -1.21. The van der Waals surface area contributed by atoms with Crippen LogP contribution in [0.25, 0.3) is 0 Å². The molecule has 2 N–H and O–H groups in total. The van der Waals surface area contributed by atoms with Crippen molar-refractivity contribution in [3.05, 3.63) is 24.3 Å². The molecule has 1 saturated heterocycles. The molecule has 0 aromatic heterocycles. The highest BCUT2D eigenvalue weighted by atomic mass is 32.2. The second kappa shape index (κ2) is 6.70. The maximum absolute atomic E-state index is 12.3. The number of carbonyl (C=O) groups is 1. The minimum atomic E-state index is -4.23. The number of anilines is 1. The summed E-state index contributed by atoms with van der Waals surface area (Å²) in [7, 11) is 0. The molecule has 0 spiro atoms. The Balaban J connectivity index is 2.04. The lowest BCUT2D eigenvalue weighted by molar-refractivity contribution is -0.120. The molecule has 1 aromatic carbocycles. The number of halogens is 3. The minimum Gasteiger partial charge on any atom is -0.325 e. The van der Waals surface area contributed by atoms with E-state index in [-0.39, 0.29) is 17.7 Å². The van der Waals surface area contributed by atoms with Crippen molar-refractivity contribution >= 4 is 23.4 Å². The van der Waals surface area contributed by atoms with Crippen LogP contribution in [0.3, 0.4) is 0 Å². The molecule has 21 heavy (non-hydrogen) atoms. The molecule has 1 aliphatic rings. The summed E-state index contributed by atoms with van der Waals surface area (Å²) in [5, 5.41) is 5.89. The van der Waals surface area contributed by atoms with Crippen LogP contribution in [0.2, 0.25) is 0 Å². The Morgan fingerprint density at radius 2 is 2.10 bits per heavy atom. The Morgan fingerprint density at radius 3 is 2.71 bits per heavy atom. The zero-order valence-electron chi connectivity index (χ0n) is 11.5. The number of benzene rings is 1. The quantitative estimate of drug-likeness (QED) is 0.838. The van der Waals surface area contributed by atoms with Crippen LogP contribution in [0.4, 0.5) is 18.9 Å². The van der Waals surface area contributed by atoms with Crippen molar-refractivity contribution in [2.75, 3.05) is 24.2 Å². The Morgan fingerprint density at radius 1 is 1.38 bits per heavy atom. The first-order chi connectivity index (χ1) is 9.87. The van der Waals surface area contributed by atoms with Gasteiger partial charge in [-0.3, -0.25) is 4.79 Å². The van der Waals surface area contributed by atoms with Crippen molar-refractivity contribution in [1.29, 1.82) is 0 Å². The molecule has 2 rings (SSSR count). The third-order valence-electron chi connectivity index (χ3n) is 3.39. The van der Waals surface area contributed by atoms with E-state index in [1.807, 2.05) is 6.92 Å². The Labute approximate surface area is 125 Å². The van der Waals surface area contributed by atoms with Gasteiger partial charge in [-0.15, -0.1) is 11.8 Å². The van der Waals surface area contributed by atoms with Crippen LogP contribution >= 0.6 is 11.8 Å². The number of carbonyl (C=O) groups excluding carboxylic acids is 1. The predicted molar refractivity (Wildman–Crippen MR) is 77.4 cm³/mol. The van der Waals surface area contributed by atoms with Gasteiger partial charge >= 0.3 is 6.18 Å².